The lowest BCUT2D eigenvalue weighted by atomic mass is 9.95. The second-order valence-electron chi connectivity index (χ2n) is 6.23. The van der Waals surface area contributed by atoms with Gasteiger partial charge >= 0.3 is 0 Å². The molecule has 1 heterocycles. The summed E-state index contributed by atoms with van der Waals surface area (Å²) in [6, 6.07) is 6.70. The Morgan fingerprint density at radius 3 is 2.58 bits per heavy atom. The molecule has 0 spiro atoms. The first kappa shape index (κ1) is 14.4. The Kier molecular flexibility index (Phi) is 3.92. The monoisotopic (exact) mass is 268 g/mol. The highest BCUT2D eigenvalue weighted by Crippen LogP contribution is 2.37. The fourth-order valence-electron chi connectivity index (χ4n) is 2.87. The summed E-state index contributed by atoms with van der Waals surface area (Å²) in [7, 11) is 0. The minimum atomic E-state index is -2.43. The Labute approximate surface area is 113 Å². The summed E-state index contributed by atoms with van der Waals surface area (Å²) in [5, 5.41) is 0. The number of hydrogen-bond donors (Lipinski definition) is 1. The molecule has 2 rings (SSSR count). The molecule has 2 atom stereocenters. The molecule has 1 saturated heterocycles. The molecule has 0 radical (unpaired) electrons. The number of likely N-dealkylation sites (tertiary alicyclic amines) is 1. The molecule has 4 heteroatoms. The molecule has 0 aliphatic carbocycles. The van der Waals surface area contributed by atoms with Crippen LogP contribution in [0.15, 0.2) is 24.3 Å². The van der Waals surface area contributed by atoms with Crippen molar-refractivity contribution in [1.29, 1.82) is 0 Å². The second kappa shape index (κ2) is 5.17. The van der Waals surface area contributed by atoms with Crippen molar-refractivity contribution < 1.29 is 8.78 Å². The molecule has 0 saturated carbocycles. The van der Waals surface area contributed by atoms with E-state index in [1.807, 2.05) is 6.07 Å². The SMILES string of the molecule is CC(C)(C)N1CCC(N)C1c1cccc(C(F)F)c1. The van der Waals surface area contributed by atoms with Gasteiger partial charge < -0.3 is 5.73 Å². The molecular weight excluding hydrogens is 246 g/mol. The molecule has 2 N–H and O–H groups in total. The maximum absolute atomic E-state index is 12.8. The molecule has 106 valence electrons. The summed E-state index contributed by atoms with van der Waals surface area (Å²) in [6.45, 7) is 7.31. The van der Waals surface area contributed by atoms with Crippen LogP contribution in [0.3, 0.4) is 0 Å². The highest BCUT2D eigenvalue weighted by molar-refractivity contribution is 5.29. The van der Waals surface area contributed by atoms with Crippen LogP contribution in [0.4, 0.5) is 8.78 Å². The van der Waals surface area contributed by atoms with E-state index in [9.17, 15) is 8.78 Å². The van der Waals surface area contributed by atoms with Gasteiger partial charge in [0.25, 0.3) is 6.43 Å². The molecule has 1 aromatic carbocycles. The van der Waals surface area contributed by atoms with Crippen LogP contribution in [-0.4, -0.2) is 23.0 Å². The van der Waals surface area contributed by atoms with Crippen LogP contribution >= 0.6 is 0 Å². The average molecular weight is 268 g/mol. The third-order valence-corrected chi connectivity index (χ3v) is 3.81. The maximum Gasteiger partial charge on any atom is 0.263 e. The van der Waals surface area contributed by atoms with Crippen LogP contribution in [-0.2, 0) is 0 Å². The van der Waals surface area contributed by atoms with E-state index in [0.717, 1.165) is 18.5 Å². The number of nitrogens with zero attached hydrogens (tertiary/aromatic N) is 1. The number of halogens is 2. The third kappa shape index (κ3) is 2.95. The highest BCUT2D eigenvalue weighted by atomic mass is 19.3. The molecule has 2 nitrogen and oxygen atoms in total. The minimum absolute atomic E-state index is 0.00662. The first-order valence-electron chi connectivity index (χ1n) is 6.71. The van der Waals surface area contributed by atoms with Crippen LogP contribution in [0.25, 0.3) is 0 Å². The van der Waals surface area contributed by atoms with E-state index in [1.54, 1.807) is 12.1 Å². The Morgan fingerprint density at radius 1 is 1.32 bits per heavy atom. The normalized spacial score (nSPS) is 25.2. The molecule has 1 aliphatic rings. The zero-order valence-electron chi connectivity index (χ0n) is 11.7. The molecular formula is C15H22F2N2. The van der Waals surface area contributed by atoms with Gasteiger partial charge in [-0.2, -0.15) is 0 Å². The van der Waals surface area contributed by atoms with E-state index in [1.165, 1.54) is 6.07 Å². The predicted octanol–water partition coefficient (Wildman–Crippen LogP) is 3.50. The summed E-state index contributed by atoms with van der Waals surface area (Å²) in [5.41, 5.74) is 7.16. The van der Waals surface area contributed by atoms with E-state index < -0.39 is 6.43 Å². The van der Waals surface area contributed by atoms with Crippen LogP contribution in [0.1, 0.15) is 50.8 Å². The minimum Gasteiger partial charge on any atom is -0.326 e. The molecule has 1 aromatic rings. The van der Waals surface area contributed by atoms with Crippen molar-refractivity contribution in [1.82, 2.24) is 4.90 Å². The lowest BCUT2D eigenvalue weighted by molar-refractivity contribution is 0.116. The quantitative estimate of drug-likeness (QED) is 0.889. The number of benzene rings is 1. The fraction of sp³-hybridized carbons (Fsp3) is 0.600. The molecule has 0 bridgehead atoms. The standard InChI is InChI=1S/C15H22F2N2/c1-15(2,3)19-8-7-12(18)13(19)10-5-4-6-11(9-10)14(16)17/h4-6,9,12-14H,7-8,18H2,1-3H3. The van der Waals surface area contributed by atoms with Crippen LogP contribution in [0.5, 0.6) is 0 Å². The van der Waals surface area contributed by atoms with E-state index in [2.05, 4.69) is 25.7 Å². The van der Waals surface area contributed by atoms with Crippen molar-refractivity contribution in [2.24, 2.45) is 5.73 Å². The summed E-state index contributed by atoms with van der Waals surface area (Å²) in [4.78, 5) is 2.31. The van der Waals surface area contributed by atoms with E-state index >= 15 is 0 Å². The van der Waals surface area contributed by atoms with Gasteiger partial charge in [-0.3, -0.25) is 4.90 Å². The number of nitrogens with two attached hydrogens (primary N) is 1. The van der Waals surface area contributed by atoms with Crippen molar-refractivity contribution in [3.8, 4) is 0 Å². The van der Waals surface area contributed by atoms with Gasteiger partial charge in [0.1, 0.15) is 0 Å². The van der Waals surface area contributed by atoms with Gasteiger partial charge in [-0.25, -0.2) is 8.78 Å². The van der Waals surface area contributed by atoms with Crippen molar-refractivity contribution in [3.63, 3.8) is 0 Å². The number of rotatable bonds is 2. The summed E-state index contributed by atoms with van der Waals surface area (Å²) < 4.78 is 25.6. The van der Waals surface area contributed by atoms with Gasteiger partial charge in [0.2, 0.25) is 0 Å². The van der Waals surface area contributed by atoms with Gasteiger partial charge in [0.05, 0.1) is 6.04 Å². The van der Waals surface area contributed by atoms with Crippen molar-refractivity contribution in [2.75, 3.05) is 6.54 Å². The summed E-state index contributed by atoms with van der Waals surface area (Å²) in [5.74, 6) is 0. The summed E-state index contributed by atoms with van der Waals surface area (Å²) >= 11 is 0. The third-order valence-electron chi connectivity index (χ3n) is 3.81. The average Bonchev–Trinajstić information content (AvgIpc) is 2.71. The molecule has 0 amide bonds. The van der Waals surface area contributed by atoms with Gasteiger partial charge in [-0.15, -0.1) is 0 Å². The van der Waals surface area contributed by atoms with Gasteiger partial charge in [0.15, 0.2) is 0 Å². The zero-order chi connectivity index (χ0) is 14.2. The molecule has 1 aliphatic heterocycles. The zero-order valence-corrected chi connectivity index (χ0v) is 11.7. The Bertz CT molecular complexity index is 440. The van der Waals surface area contributed by atoms with Crippen molar-refractivity contribution >= 4 is 0 Å². The Balaban J connectivity index is 2.35. The van der Waals surface area contributed by atoms with Crippen LogP contribution in [0, 0.1) is 0 Å². The Hall–Kier alpha value is -1.00. The second-order valence-corrected chi connectivity index (χ2v) is 6.23. The van der Waals surface area contributed by atoms with Crippen molar-refractivity contribution in [3.05, 3.63) is 35.4 Å². The van der Waals surface area contributed by atoms with Gasteiger partial charge in [-0.05, 0) is 38.8 Å². The molecule has 0 aromatic heterocycles. The topological polar surface area (TPSA) is 29.3 Å². The smallest absolute Gasteiger partial charge is 0.263 e. The Morgan fingerprint density at radius 2 is 2.00 bits per heavy atom. The van der Waals surface area contributed by atoms with E-state index in [-0.39, 0.29) is 23.2 Å². The van der Waals surface area contributed by atoms with Gasteiger partial charge in [0, 0.05) is 23.7 Å². The molecule has 2 unspecified atom stereocenters. The maximum atomic E-state index is 12.8. The highest BCUT2D eigenvalue weighted by Gasteiger charge is 2.38. The molecule has 19 heavy (non-hydrogen) atoms. The lowest BCUT2D eigenvalue weighted by Gasteiger charge is -2.38. The summed E-state index contributed by atoms with van der Waals surface area (Å²) in [6.07, 6.45) is -1.53. The van der Waals surface area contributed by atoms with Gasteiger partial charge in [-0.1, -0.05) is 18.2 Å². The predicted molar refractivity (Wildman–Crippen MR) is 73.2 cm³/mol. The fourth-order valence-corrected chi connectivity index (χ4v) is 2.87. The first-order valence-corrected chi connectivity index (χ1v) is 6.71. The first-order chi connectivity index (χ1) is 8.80. The van der Waals surface area contributed by atoms with E-state index in [4.69, 9.17) is 5.73 Å². The van der Waals surface area contributed by atoms with Crippen LogP contribution in [0.2, 0.25) is 0 Å². The largest absolute Gasteiger partial charge is 0.326 e. The molecule has 1 fully saturated rings. The number of alkyl halides is 2. The van der Waals surface area contributed by atoms with Crippen molar-refractivity contribution in [2.45, 2.75) is 51.2 Å². The number of hydrogen-bond acceptors (Lipinski definition) is 2. The van der Waals surface area contributed by atoms with E-state index in [0.29, 0.717) is 0 Å². The van der Waals surface area contributed by atoms with Crippen LogP contribution < -0.4 is 5.73 Å². The lowest BCUT2D eigenvalue weighted by Crippen LogP contribution is -2.43.